The highest BCUT2D eigenvalue weighted by atomic mass is 16.6. The van der Waals surface area contributed by atoms with Gasteiger partial charge in [0.2, 0.25) is 6.54 Å². The number of benzene rings is 2. The minimum absolute atomic E-state index is 0.0711. The molecule has 0 radical (unpaired) electrons. The van der Waals surface area contributed by atoms with Crippen molar-refractivity contribution < 1.29 is 4.92 Å². The van der Waals surface area contributed by atoms with E-state index in [2.05, 4.69) is 17.0 Å². The molecule has 0 aliphatic carbocycles. The van der Waals surface area contributed by atoms with Crippen LogP contribution in [0.15, 0.2) is 54.6 Å². The van der Waals surface area contributed by atoms with Crippen LogP contribution in [0.5, 0.6) is 0 Å². The van der Waals surface area contributed by atoms with Crippen LogP contribution >= 0.6 is 0 Å². The number of para-hydroxylation sites is 1. The van der Waals surface area contributed by atoms with Crippen LogP contribution in [0.4, 0.5) is 5.69 Å². The van der Waals surface area contributed by atoms with Gasteiger partial charge in [0, 0.05) is 17.2 Å². The Labute approximate surface area is 117 Å². The molecule has 1 heterocycles. The van der Waals surface area contributed by atoms with Gasteiger partial charge >= 0.3 is 0 Å². The summed E-state index contributed by atoms with van der Waals surface area (Å²) in [5.41, 5.74) is 3.40. The fourth-order valence-electron chi connectivity index (χ4n) is 2.89. The first-order valence-electron chi connectivity index (χ1n) is 6.77. The van der Waals surface area contributed by atoms with Gasteiger partial charge in [-0.3, -0.25) is 10.1 Å². The summed E-state index contributed by atoms with van der Waals surface area (Å²) in [5, 5.41) is 11.0. The molecule has 0 bridgehead atoms. The van der Waals surface area contributed by atoms with E-state index in [0.717, 1.165) is 24.2 Å². The molecule has 4 heteroatoms. The minimum atomic E-state index is -0.224. The second-order valence-corrected chi connectivity index (χ2v) is 5.01. The molecular formula is C16H16N2O2. The van der Waals surface area contributed by atoms with Crippen molar-refractivity contribution in [1.82, 2.24) is 0 Å². The highest BCUT2D eigenvalue weighted by Crippen LogP contribution is 2.34. The van der Waals surface area contributed by atoms with Gasteiger partial charge in [0.15, 0.2) is 0 Å². The molecule has 0 fully saturated rings. The Morgan fingerprint density at radius 2 is 1.80 bits per heavy atom. The first-order chi connectivity index (χ1) is 9.75. The van der Waals surface area contributed by atoms with Crippen LogP contribution in [-0.4, -0.2) is 18.0 Å². The van der Waals surface area contributed by atoms with Gasteiger partial charge in [0.1, 0.15) is 6.04 Å². The third kappa shape index (κ3) is 2.37. The normalized spacial score (nSPS) is 14.9. The molecule has 0 amide bonds. The number of nitro groups is 1. The summed E-state index contributed by atoms with van der Waals surface area (Å²) in [4.78, 5) is 13.0. The molecule has 20 heavy (non-hydrogen) atoms. The lowest BCUT2D eigenvalue weighted by molar-refractivity contribution is -0.483. The molecule has 4 nitrogen and oxygen atoms in total. The molecule has 2 aromatic carbocycles. The van der Waals surface area contributed by atoms with E-state index in [4.69, 9.17) is 0 Å². The van der Waals surface area contributed by atoms with E-state index in [1.807, 2.05) is 42.5 Å². The Bertz CT molecular complexity index is 613. The Hall–Kier alpha value is -2.36. The molecule has 0 N–H and O–H groups in total. The summed E-state index contributed by atoms with van der Waals surface area (Å²) < 4.78 is 0. The SMILES string of the molecule is O=[N+]([O-])CC(c1ccccc1)N1CCc2ccccc21. The van der Waals surface area contributed by atoms with E-state index in [1.54, 1.807) is 0 Å². The molecule has 3 rings (SSSR count). The molecule has 102 valence electrons. The molecule has 1 atom stereocenters. The Balaban J connectivity index is 1.97. The first-order valence-corrected chi connectivity index (χ1v) is 6.77. The van der Waals surface area contributed by atoms with E-state index < -0.39 is 0 Å². The molecular weight excluding hydrogens is 252 g/mol. The molecule has 0 saturated carbocycles. The van der Waals surface area contributed by atoms with E-state index in [-0.39, 0.29) is 17.5 Å². The van der Waals surface area contributed by atoms with E-state index in [9.17, 15) is 10.1 Å². The fourth-order valence-corrected chi connectivity index (χ4v) is 2.89. The zero-order valence-corrected chi connectivity index (χ0v) is 11.1. The van der Waals surface area contributed by atoms with Crippen molar-refractivity contribution in [3.8, 4) is 0 Å². The number of hydrogen-bond acceptors (Lipinski definition) is 3. The molecule has 1 unspecified atom stereocenters. The Morgan fingerprint density at radius 3 is 2.55 bits per heavy atom. The van der Waals surface area contributed by atoms with Gasteiger partial charge < -0.3 is 4.90 Å². The minimum Gasteiger partial charge on any atom is -0.358 e. The second kappa shape index (κ2) is 5.33. The number of nitrogens with zero attached hydrogens (tertiary/aromatic N) is 2. The summed E-state index contributed by atoms with van der Waals surface area (Å²) in [6.45, 7) is 0.769. The average molecular weight is 268 g/mol. The Kier molecular flexibility index (Phi) is 3.37. The summed E-state index contributed by atoms with van der Waals surface area (Å²) in [5.74, 6) is 0. The van der Waals surface area contributed by atoms with Crippen molar-refractivity contribution in [3.05, 3.63) is 75.8 Å². The quantitative estimate of drug-likeness (QED) is 0.632. The molecule has 1 aliphatic heterocycles. The Morgan fingerprint density at radius 1 is 1.10 bits per heavy atom. The van der Waals surface area contributed by atoms with Crippen LogP contribution in [0.25, 0.3) is 0 Å². The van der Waals surface area contributed by atoms with Gasteiger partial charge in [-0.15, -0.1) is 0 Å². The lowest BCUT2D eigenvalue weighted by Gasteiger charge is -2.27. The van der Waals surface area contributed by atoms with Crippen molar-refractivity contribution >= 4 is 5.69 Å². The van der Waals surface area contributed by atoms with Crippen molar-refractivity contribution in [2.45, 2.75) is 12.5 Å². The standard InChI is InChI=1S/C16H16N2O2/c19-18(20)12-16(13-6-2-1-3-7-13)17-11-10-14-8-4-5-9-15(14)17/h1-9,16H,10-12H2. The summed E-state index contributed by atoms with van der Waals surface area (Å²) in [6, 6.07) is 17.7. The van der Waals surface area contributed by atoms with Crippen LogP contribution in [0.3, 0.4) is 0 Å². The smallest absolute Gasteiger partial charge is 0.228 e. The molecule has 0 saturated heterocycles. The number of hydrogen-bond donors (Lipinski definition) is 0. The van der Waals surface area contributed by atoms with Gasteiger partial charge in [-0.2, -0.15) is 0 Å². The summed E-state index contributed by atoms with van der Waals surface area (Å²) >= 11 is 0. The maximum atomic E-state index is 11.0. The van der Waals surface area contributed by atoms with Crippen LogP contribution < -0.4 is 4.90 Å². The highest BCUT2D eigenvalue weighted by molar-refractivity contribution is 5.59. The fraction of sp³-hybridized carbons (Fsp3) is 0.250. The van der Waals surface area contributed by atoms with Crippen LogP contribution in [0, 0.1) is 10.1 Å². The molecule has 0 aromatic heterocycles. The largest absolute Gasteiger partial charge is 0.358 e. The summed E-state index contributed by atoms with van der Waals surface area (Å²) in [7, 11) is 0. The van der Waals surface area contributed by atoms with Crippen molar-refractivity contribution in [2.75, 3.05) is 18.0 Å². The van der Waals surface area contributed by atoms with E-state index in [0.29, 0.717) is 0 Å². The average Bonchev–Trinajstić information content (AvgIpc) is 2.89. The summed E-state index contributed by atoms with van der Waals surface area (Å²) in [6.07, 6.45) is 0.956. The van der Waals surface area contributed by atoms with Crippen LogP contribution in [0.2, 0.25) is 0 Å². The predicted octanol–water partition coefficient (Wildman–Crippen LogP) is 3.07. The monoisotopic (exact) mass is 268 g/mol. The maximum absolute atomic E-state index is 11.0. The molecule has 2 aromatic rings. The third-order valence-corrected chi connectivity index (χ3v) is 3.81. The van der Waals surface area contributed by atoms with E-state index >= 15 is 0 Å². The van der Waals surface area contributed by atoms with Gasteiger partial charge in [-0.05, 0) is 23.6 Å². The number of anilines is 1. The first kappa shape index (κ1) is 12.7. The third-order valence-electron chi connectivity index (χ3n) is 3.81. The zero-order valence-electron chi connectivity index (χ0n) is 11.1. The van der Waals surface area contributed by atoms with Gasteiger partial charge in [0.25, 0.3) is 0 Å². The number of rotatable bonds is 4. The maximum Gasteiger partial charge on any atom is 0.228 e. The van der Waals surface area contributed by atoms with Crippen LogP contribution in [0.1, 0.15) is 17.2 Å². The van der Waals surface area contributed by atoms with E-state index in [1.165, 1.54) is 5.56 Å². The second-order valence-electron chi connectivity index (χ2n) is 5.01. The predicted molar refractivity (Wildman–Crippen MR) is 78.5 cm³/mol. The van der Waals surface area contributed by atoms with Crippen molar-refractivity contribution in [2.24, 2.45) is 0 Å². The van der Waals surface area contributed by atoms with Gasteiger partial charge in [0.05, 0.1) is 0 Å². The van der Waals surface area contributed by atoms with Gasteiger partial charge in [-0.1, -0.05) is 48.5 Å². The lowest BCUT2D eigenvalue weighted by atomic mass is 10.1. The van der Waals surface area contributed by atoms with Crippen LogP contribution in [-0.2, 0) is 6.42 Å². The highest BCUT2D eigenvalue weighted by Gasteiger charge is 2.30. The molecule has 0 spiro atoms. The van der Waals surface area contributed by atoms with Crippen molar-refractivity contribution in [3.63, 3.8) is 0 Å². The van der Waals surface area contributed by atoms with Crippen molar-refractivity contribution in [1.29, 1.82) is 0 Å². The van der Waals surface area contributed by atoms with Gasteiger partial charge in [-0.25, -0.2) is 0 Å². The topological polar surface area (TPSA) is 46.4 Å². The lowest BCUT2D eigenvalue weighted by Crippen LogP contribution is -2.32. The molecule has 1 aliphatic rings. The number of fused-ring (bicyclic) bond motifs is 1. The zero-order chi connectivity index (χ0) is 13.9.